The molecular weight excluding hydrogens is 560 g/mol. The predicted octanol–water partition coefficient (Wildman–Crippen LogP) is 5.44. The molecule has 10 nitrogen and oxygen atoms in total. The van der Waals surface area contributed by atoms with E-state index in [1.807, 2.05) is 57.7 Å². The Morgan fingerprint density at radius 1 is 0.682 bits per heavy atom. The van der Waals surface area contributed by atoms with Gasteiger partial charge in [-0.15, -0.1) is 0 Å². The van der Waals surface area contributed by atoms with Crippen LogP contribution in [0, 0.1) is 10.8 Å². The van der Waals surface area contributed by atoms with Gasteiger partial charge in [-0.2, -0.15) is 0 Å². The summed E-state index contributed by atoms with van der Waals surface area (Å²) in [6.07, 6.45) is 6.62. The van der Waals surface area contributed by atoms with Crippen LogP contribution in [-0.4, -0.2) is 55.5 Å². The molecule has 2 aliphatic carbocycles. The zero-order chi connectivity index (χ0) is 31.8. The van der Waals surface area contributed by atoms with E-state index in [1.165, 1.54) is 26.6 Å². The quantitative estimate of drug-likeness (QED) is 0.296. The molecule has 0 saturated heterocycles. The van der Waals surface area contributed by atoms with Gasteiger partial charge in [0.15, 0.2) is 0 Å². The summed E-state index contributed by atoms with van der Waals surface area (Å²) in [6, 6.07) is 15.5. The van der Waals surface area contributed by atoms with E-state index in [4.69, 9.17) is 9.47 Å². The smallest absolute Gasteiger partial charge is 0.356 e. The van der Waals surface area contributed by atoms with Crippen LogP contribution < -0.4 is 0 Å². The van der Waals surface area contributed by atoms with Gasteiger partial charge in [0.25, 0.3) is 0 Å². The van der Waals surface area contributed by atoms with Crippen molar-refractivity contribution < 1.29 is 29.3 Å². The molecule has 44 heavy (non-hydrogen) atoms. The fraction of sp³-hybridized carbons (Fsp3) is 0.412. The third-order valence-corrected chi connectivity index (χ3v) is 8.90. The fourth-order valence-corrected chi connectivity index (χ4v) is 7.01. The molecule has 0 bridgehead atoms. The second-order valence-electron chi connectivity index (χ2n) is 12.8. The summed E-state index contributed by atoms with van der Waals surface area (Å²) in [7, 11) is 2.73. The van der Waals surface area contributed by atoms with Gasteiger partial charge in [0.05, 0.1) is 63.6 Å². The van der Waals surface area contributed by atoms with Crippen molar-refractivity contribution in [3.8, 4) is 0 Å². The molecule has 0 saturated carbocycles. The number of fused-ring (bicyclic) bond motifs is 2. The molecular formula is C34H40N4O6. The Morgan fingerprint density at radius 3 is 1.36 bits per heavy atom. The van der Waals surface area contributed by atoms with Gasteiger partial charge >= 0.3 is 11.9 Å². The Morgan fingerprint density at radius 2 is 1.02 bits per heavy atom. The molecule has 10 heteroatoms. The highest BCUT2D eigenvalue weighted by Gasteiger charge is 2.43. The molecule has 0 spiro atoms. The summed E-state index contributed by atoms with van der Waals surface area (Å²) in [4.78, 5) is 32.2. The highest BCUT2D eigenvalue weighted by molar-refractivity contribution is 5.87. The number of carbonyl (C=O) groups is 2. The number of hydrogen-bond donors (Lipinski definition) is 2. The molecule has 2 aliphatic rings. The van der Waals surface area contributed by atoms with E-state index in [1.54, 1.807) is 12.7 Å². The molecule has 4 aromatic rings. The van der Waals surface area contributed by atoms with Gasteiger partial charge < -0.3 is 28.8 Å². The van der Waals surface area contributed by atoms with Crippen molar-refractivity contribution in [3.05, 3.63) is 107 Å². The van der Waals surface area contributed by atoms with E-state index in [2.05, 4.69) is 37.7 Å². The Labute approximate surface area is 257 Å². The van der Waals surface area contributed by atoms with Crippen molar-refractivity contribution >= 4 is 11.9 Å². The number of aliphatic hydroxyl groups is 2. The number of rotatable bonds is 4. The molecule has 2 aromatic heterocycles. The van der Waals surface area contributed by atoms with E-state index in [0.29, 0.717) is 24.2 Å². The highest BCUT2D eigenvalue weighted by atomic mass is 16.5. The number of benzene rings is 2. The van der Waals surface area contributed by atoms with Gasteiger partial charge in [0, 0.05) is 0 Å². The Balaban J connectivity index is 0.000000175. The molecule has 6 rings (SSSR count). The summed E-state index contributed by atoms with van der Waals surface area (Å²) in [5.41, 5.74) is 4.27. The first kappa shape index (κ1) is 31.2. The first-order valence-electron chi connectivity index (χ1n) is 14.6. The second kappa shape index (κ2) is 12.0. The van der Waals surface area contributed by atoms with E-state index in [9.17, 15) is 19.8 Å². The minimum absolute atomic E-state index is 0.0799. The van der Waals surface area contributed by atoms with E-state index in [-0.39, 0.29) is 22.9 Å². The monoisotopic (exact) mass is 600 g/mol. The van der Waals surface area contributed by atoms with Crippen molar-refractivity contribution in [2.75, 3.05) is 14.2 Å². The van der Waals surface area contributed by atoms with Crippen LogP contribution in [0.3, 0.4) is 0 Å². The lowest BCUT2D eigenvalue weighted by Gasteiger charge is -2.43. The minimum atomic E-state index is -0.493. The first-order chi connectivity index (χ1) is 20.9. The van der Waals surface area contributed by atoms with Crippen LogP contribution in [0.1, 0.15) is 108 Å². The number of ether oxygens (including phenoxy) is 2. The molecule has 0 aliphatic heterocycles. The number of hydrogen-bond acceptors (Lipinski definition) is 8. The van der Waals surface area contributed by atoms with Crippen molar-refractivity contribution in [3.63, 3.8) is 0 Å². The van der Waals surface area contributed by atoms with Gasteiger partial charge in [0.2, 0.25) is 0 Å². The van der Waals surface area contributed by atoms with Crippen LogP contribution in [0.25, 0.3) is 0 Å². The molecule has 0 fully saturated rings. The standard InChI is InChI=1S/2C17H20N2O3/c2*1-17(2)8-14(20)11-6-4-5-7-12(11)15(17)19-10-18-9-13(19)16(21)22-3/h2*4-7,9-10,14-15,20H,8H2,1-3H3/t14-,15+;14-,15-/m01/s1. The molecule has 0 unspecified atom stereocenters. The van der Waals surface area contributed by atoms with Crippen LogP contribution >= 0.6 is 0 Å². The average molecular weight is 601 g/mol. The zero-order valence-corrected chi connectivity index (χ0v) is 26.0. The van der Waals surface area contributed by atoms with Crippen LogP contribution in [-0.2, 0) is 9.47 Å². The minimum Gasteiger partial charge on any atom is -0.464 e. The molecule has 0 radical (unpaired) electrons. The summed E-state index contributed by atoms with van der Waals surface area (Å²) < 4.78 is 13.4. The van der Waals surface area contributed by atoms with Crippen LogP contribution in [0.15, 0.2) is 73.6 Å². The number of nitrogens with zero attached hydrogens (tertiary/aromatic N) is 4. The Hall–Kier alpha value is -4.28. The molecule has 232 valence electrons. The summed E-state index contributed by atoms with van der Waals surface area (Å²) in [6.45, 7) is 8.38. The fourth-order valence-electron chi connectivity index (χ4n) is 7.01. The number of esters is 2. The van der Waals surface area contributed by atoms with Crippen LogP contribution in [0.2, 0.25) is 0 Å². The second-order valence-corrected chi connectivity index (χ2v) is 12.8. The lowest BCUT2D eigenvalue weighted by molar-refractivity contribution is 0.0542. The molecule has 2 N–H and O–H groups in total. The van der Waals surface area contributed by atoms with Gasteiger partial charge in [-0.05, 0) is 45.9 Å². The third kappa shape index (κ3) is 5.55. The SMILES string of the molecule is COC(=O)c1cncn1[C@@H]1c2ccccc2[C@@H](O)CC1(C)C.COC(=O)c1cncn1[C@@H]1c2ccccc2[C@H](O)CC1(C)C. The molecule has 2 aromatic carbocycles. The maximum atomic E-state index is 12.0. The van der Waals surface area contributed by atoms with Crippen LogP contribution in [0.5, 0.6) is 0 Å². The number of carbonyl (C=O) groups excluding carboxylic acids is 2. The van der Waals surface area contributed by atoms with Crippen molar-refractivity contribution in [1.82, 2.24) is 19.1 Å². The highest BCUT2D eigenvalue weighted by Crippen LogP contribution is 2.51. The zero-order valence-electron chi connectivity index (χ0n) is 26.0. The number of aliphatic hydroxyl groups excluding tert-OH is 2. The van der Waals surface area contributed by atoms with Crippen molar-refractivity contribution in [2.45, 2.75) is 64.8 Å². The molecule has 4 atom stereocenters. The van der Waals surface area contributed by atoms with E-state index < -0.39 is 24.1 Å². The summed E-state index contributed by atoms with van der Waals surface area (Å²) >= 11 is 0. The maximum absolute atomic E-state index is 12.0. The predicted molar refractivity (Wildman–Crippen MR) is 163 cm³/mol. The normalized spacial score (nSPS) is 22.9. The lowest BCUT2D eigenvalue weighted by atomic mass is 9.69. The van der Waals surface area contributed by atoms with Gasteiger partial charge in [0.1, 0.15) is 11.4 Å². The third-order valence-electron chi connectivity index (χ3n) is 8.90. The molecule has 2 heterocycles. The van der Waals surface area contributed by atoms with Gasteiger partial charge in [-0.1, -0.05) is 76.2 Å². The molecule has 0 amide bonds. The summed E-state index contributed by atoms with van der Waals surface area (Å²) in [5, 5.41) is 20.8. The van der Waals surface area contributed by atoms with Gasteiger partial charge in [-0.3, -0.25) is 0 Å². The summed E-state index contributed by atoms with van der Waals surface area (Å²) in [5.74, 6) is -0.811. The lowest BCUT2D eigenvalue weighted by Crippen LogP contribution is -2.36. The van der Waals surface area contributed by atoms with E-state index >= 15 is 0 Å². The Kier molecular flexibility index (Phi) is 8.51. The largest absolute Gasteiger partial charge is 0.464 e. The average Bonchev–Trinajstić information content (AvgIpc) is 3.66. The Bertz CT molecular complexity index is 1530. The maximum Gasteiger partial charge on any atom is 0.356 e. The number of methoxy groups -OCH3 is 2. The van der Waals surface area contributed by atoms with E-state index in [0.717, 1.165) is 22.3 Å². The van der Waals surface area contributed by atoms with Crippen molar-refractivity contribution in [2.24, 2.45) is 10.8 Å². The van der Waals surface area contributed by atoms with Crippen molar-refractivity contribution in [1.29, 1.82) is 0 Å². The number of aromatic nitrogens is 4. The van der Waals surface area contributed by atoms with Crippen LogP contribution in [0.4, 0.5) is 0 Å². The first-order valence-corrected chi connectivity index (χ1v) is 14.6. The van der Waals surface area contributed by atoms with Gasteiger partial charge in [-0.25, -0.2) is 19.6 Å². The topological polar surface area (TPSA) is 129 Å². The number of imidazole rings is 2.